The summed E-state index contributed by atoms with van der Waals surface area (Å²) in [7, 11) is 0. The highest BCUT2D eigenvalue weighted by atomic mass is 16.5. The quantitative estimate of drug-likeness (QED) is 0.515. The number of para-hydroxylation sites is 1. The predicted molar refractivity (Wildman–Crippen MR) is 68.5 cm³/mol. The Morgan fingerprint density at radius 3 is 2.61 bits per heavy atom. The van der Waals surface area contributed by atoms with E-state index in [1.54, 1.807) is 0 Å². The third-order valence-electron chi connectivity index (χ3n) is 2.41. The first kappa shape index (κ1) is 14.9. The van der Waals surface area contributed by atoms with Gasteiger partial charge in [-0.3, -0.25) is 0 Å². The van der Waals surface area contributed by atoms with Crippen molar-refractivity contribution in [1.82, 2.24) is 5.32 Å². The summed E-state index contributed by atoms with van der Waals surface area (Å²) in [5.41, 5.74) is -1.17. The zero-order chi connectivity index (χ0) is 13.4. The van der Waals surface area contributed by atoms with Crippen molar-refractivity contribution in [2.45, 2.75) is 18.6 Å². The van der Waals surface area contributed by atoms with Crippen molar-refractivity contribution in [2.75, 3.05) is 26.3 Å². The van der Waals surface area contributed by atoms with Crippen molar-refractivity contribution in [3.05, 3.63) is 30.3 Å². The van der Waals surface area contributed by atoms with Crippen LogP contribution in [0, 0.1) is 0 Å². The Morgan fingerprint density at radius 1 is 1.33 bits per heavy atom. The molecule has 18 heavy (non-hydrogen) atoms. The normalized spacial score (nSPS) is 16.0. The summed E-state index contributed by atoms with van der Waals surface area (Å²) in [4.78, 5) is 0. The summed E-state index contributed by atoms with van der Waals surface area (Å²) < 4.78 is 5.37. The van der Waals surface area contributed by atoms with Gasteiger partial charge in [-0.05, 0) is 19.1 Å². The topological polar surface area (TPSA) is 82.0 Å². The van der Waals surface area contributed by atoms with Gasteiger partial charge in [0.2, 0.25) is 0 Å². The Labute approximate surface area is 107 Å². The Morgan fingerprint density at radius 2 is 2.00 bits per heavy atom. The fourth-order valence-electron chi connectivity index (χ4n) is 1.33. The average Bonchev–Trinajstić information content (AvgIpc) is 2.37. The zero-order valence-electron chi connectivity index (χ0n) is 10.5. The number of benzene rings is 1. The highest BCUT2D eigenvalue weighted by molar-refractivity contribution is 5.20. The van der Waals surface area contributed by atoms with E-state index >= 15 is 0 Å². The zero-order valence-corrected chi connectivity index (χ0v) is 10.5. The summed E-state index contributed by atoms with van der Waals surface area (Å²) in [6.45, 7) is 1.89. The minimum atomic E-state index is -1.17. The van der Waals surface area contributed by atoms with Crippen LogP contribution in [0.1, 0.15) is 6.92 Å². The van der Waals surface area contributed by atoms with Gasteiger partial charge in [0, 0.05) is 13.1 Å². The van der Waals surface area contributed by atoms with Crippen LogP contribution in [-0.4, -0.2) is 53.3 Å². The molecule has 1 aromatic carbocycles. The van der Waals surface area contributed by atoms with Crippen LogP contribution in [0.4, 0.5) is 0 Å². The van der Waals surface area contributed by atoms with Gasteiger partial charge in [-0.15, -0.1) is 0 Å². The van der Waals surface area contributed by atoms with Gasteiger partial charge in [0.25, 0.3) is 0 Å². The van der Waals surface area contributed by atoms with Crippen molar-refractivity contribution in [2.24, 2.45) is 0 Å². The number of aliphatic hydroxyl groups is 3. The molecule has 0 saturated carbocycles. The Kier molecular flexibility index (Phi) is 6.07. The minimum absolute atomic E-state index is 0.179. The lowest BCUT2D eigenvalue weighted by atomic mass is 10.1. The number of hydrogen-bond acceptors (Lipinski definition) is 5. The Balaban J connectivity index is 2.16. The van der Waals surface area contributed by atoms with Gasteiger partial charge in [-0.2, -0.15) is 0 Å². The number of nitrogens with one attached hydrogen (secondary N) is 1. The lowest BCUT2D eigenvalue weighted by Gasteiger charge is -2.21. The Hall–Kier alpha value is -1.14. The summed E-state index contributed by atoms with van der Waals surface area (Å²) in [5.74, 6) is 0.707. The summed E-state index contributed by atoms with van der Waals surface area (Å²) in [6.07, 6.45) is -0.667. The third-order valence-corrected chi connectivity index (χ3v) is 2.41. The molecule has 0 aliphatic heterocycles. The molecule has 1 aromatic rings. The van der Waals surface area contributed by atoms with Gasteiger partial charge in [0.1, 0.15) is 18.5 Å². The molecule has 2 unspecified atom stereocenters. The predicted octanol–water partition coefficient (Wildman–Crippen LogP) is -0.241. The summed E-state index contributed by atoms with van der Waals surface area (Å²) in [5, 5.41) is 30.9. The largest absolute Gasteiger partial charge is 0.491 e. The van der Waals surface area contributed by atoms with Gasteiger partial charge in [0.15, 0.2) is 0 Å². The molecule has 5 nitrogen and oxygen atoms in total. The van der Waals surface area contributed by atoms with Crippen LogP contribution < -0.4 is 10.1 Å². The van der Waals surface area contributed by atoms with Crippen molar-refractivity contribution in [3.8, 4) is 5.75 Å². The van der Waals surface area contributed by atoms with E-state index in [9.17, 15) is 10.2 Å². The maximum atomic E-state index is 9.65. The van der Waals surface area contributed by atoms with E-state index in [0.29, 0.717) is 12.3 Å². The molecule has 2 atom stereocenters. The SMILES string of the molecule is CC(O)(CO)CNCC(O)COc1ccccc1. The minimum Gasteiger partial charge on any atom is -0.491 e. The molecule has 1 rings (SSSR count). The second-order valence-electron chi connectivity index (χ2n) is 4.56. The van der Waals surface area contributed by atoms with Crippen molar-refractivity contribution in [3.63, 3.8) is 0 Å². The van der Waals surface area contributed by atoms with Crippen LogP contribution in [-0.2, 0) is 0 Å². The molecule has 0 heterocycles. The second-order valence-corrected chi connectivity index (χ2v) is 4.56. The molecular formula is C13H21NO4. The fraction of sp³-hybridized carbons (Fsp3) is 0.538. The molecule has 102 valence electrons. The number of rotatable bonds is 8. The summed E-state index contributed by atoms with van der Waals surface area (Å²) >= 11 is 0. The molecule has 0 fully saturated rings. The molecule has 0 aliphatic carbocycles. The molecule has 0 spiro atoms. The van der Waals surface area contributed by atoms with Crippen molar-refractivity contribution >= 4 is 0 Å². The molecule has 4 N–H and O–H groups in total. The first-order chi connectivity index (χ1) is 8.53. The molecule has 0 aliphatic rings. The van der Waals surface area contributed by atoms with Gasteiger partial charge in [-0.25, -0.2) is 0 Å². The number of hydrogen-bond donors (Lipinski definition) is 4. The van der Waals surface area contributed by atoms with E-state index in [4.69, 9.17) is 9.84 Å². The highest BCUT2D eigenvalue weighted by Gasteiger charge is 2.18. The van der Waals surface area contributed by atoms with Crippen LogP contribution in [0.25, 0.3) is 0 Å². The second kappa shape index (κ2) is 7.33. The first-order valence-corrected chi connectivity index (χ1v) is 5.93. The maximum Gasteiger partial charge on any atom is 0.119 e. The monoisotopic (exact) mass is 255 g/mol. The number of aliphatic hydroxyl groups excluding tert-OH is 2. The summed E-state index contributed by atoms with van der Waals surface area (Å²) in [6, 6.07) is 9.24. The number of ether oxygens (including phenoxy) is 1. The van der Waals surface area contributed by atoms with Crippen LogP contribution in [0.2, 0.25) is 0 Å². The smallest absolute Gasteiger partial charge is 0.119 e. The van der Waals surface area contributed by atoms with E-state index in [1.165, 1.54) is 6.92 Å². The molecular weight excluding hydrogens is 234 g/mol. The first-order valence-electron chi connectivity index (χ1n) is 5.93. The van der Waals surface area contributed by atoms with Crippen LogP contribution in [0.5, 0.6) is 5.75 Å². The Bertz CT molecular complexity index is 329. The molecule has 0 radical (unpaired) electrons. The van der Waals surface area contributed by atoms with Gasteiger partial charge < -0.3 is 25.4 Å². The molecule has 0 amide bonds. The van der Waals surface area contributed by atoms with Crippen molar-refractivity contribution in [1.29, 1.82) is 0 Å². The fourth-order valence-corrected chi connectivity index (χ4v) is 1.33. The van der Waals surface area contributed by atoms with E-state index in [-0.39, 0.29) is 19.8 Å². The molecule has 0 saturated heterocycles. The van der Waals surface area contributed by atoms with E-state index < -0.39 is 11.7 Å². The average molecular weight is 255 g/mol. The van der Waals surface area contributed by atoms with Crippen LogP contribution in [0.3, 0.4) is 0 Å². The standard InChI is InChI=1S/C13H21NO4/c1-13(17,10-15)9-14-7-11(16)8-18-12-5-3-2-4-6-12/h2-6,11,14-17H,7-10H2,1H3. The van der Waals surface area contributed by atoms with E-state index in [0.717, 1.165) is 0 Å². The lowest BCUT2D eigenvalue weighted by Crippen LogP contribution is -2.44. The molecule has 0 aromatic heterocycles. The molecule has 0 bridgehead atoms. The van der Waals surface area contributed by atoms with E-state index in [1.807, 2.05) is 30.3 Å². The van der Waals surface area contributed by atoms with Gasteiger partial charge in [0.05, 0.1) is 12.2 Å². The van der Waals surface area contributed by atoms with Gasteiger partial charge >= 0.3 is 0 Å². The maximum absolute atomic E-state index is 9.65. The molecule has 5 heteroatoms. The van der Waals surface area contributed by atoms with Gasteiger partial charge in [-0.1, -0.05) is 18.2 Å². The lowest BCUT2D eigenvalue weighted by molar-refractivity contribution is -0.000325. The van der Waals surface area contributed by atoms with Crippen LogP contribution in [0.15, 0.2) is 30.3 Å². The van der Waals surface area contributed by atoms with Crippen LogP contribution >= 0.6 is 0 Å². The third kappa shape index (κ3) is 5.97. The van der Waals surface area contributed by atoms with Crippen molar-refractivity contribution < 1.29 is 20.1 Å². The van der Waals surface area contributed by atoms with E-state index in [2.05, 4.69) is 5.32 Å². The highest BCUT2D eigenvalue weighted by Crippen LogP contribution is 2.08.